The summed E-state index contributed by atoms with van der Waals surface area (Å²) >= 11 is 0. The molecule has 1 aromatic heterocycles. The van der Waals surface area contributed by atoms with Crippen LogP contribution in [-0.4, -0.2) is 10.4 Å². The molecule has 2 rings (SSSR count). The zero-order chi connectivity index (χ0) is 11.0. The molecule has 0 amide bonds. The number of ketones is 1. The summed E-state index contributed by atoms with van der Waals surface area (Å²) < 4.78 is 1.74. The Morgan fingerprint density at radius 1 is 1.33 bits per heavy atom. The zero-order valence-corrected chi connectivity index (χ0v) is 9.17. The lowest BCUT2D eigenvalue weighted by atomic mass is 9.93. The van der Waals surface area contributed by atoms with Crippen molar-refractivity contribution in [2.24, 2.45) is 0 Å². The Bertz CT molecular complexity index is 471. The van der Waals surface area contributed by atoms with Crippen LogP contribution in [0.15, 0.2) is 10.9 Å². The molecule has 80 valence electrons. The van der Waals surface area contributed by atoms with E-state index in [9.17, 15) is 9.59 Å². The number of carbonyl (C=O) groups is 1. The predicted octanol–water partition coefficient (Wildman–Crippen LogP) is 1.70. The molecule has 0 aliphatic heterocycles. The molecule has 0 unspecified atom stereocenters. The van der Waals surface area contributed by atoms with Crippen molar-refractivity contribution in [3.05, 3.63) is 33.2 Å². The minimum absolute atomic E-state index is 0.0472. The Balaban J connectivity index is 2.74. The number of rotatable bonds is 1. The van der Waals surface area contributed by atoms with Gasteiger partial charge in [0.1, 0.15) is 0 Å². The highest BCUT2D eigenvalue weighted by Gasteiger charge is 2.21. The van der Waals surface area contributed by atoms with Crippen molar-refractivity contribution in [3.63, 3.8) is 0 Å². The van der Waals surface area contributed by atoms with E-state index in [0.717, 1.165) is 24.1 Å². The predicted molar refractivity (Wildman–Crippen MR) is 58.4 cm³/mol. The zero-order valence-electron chi connectivity index (χ0n) is 9.17. The molecule has 0 radical (unpaired) electrons. The Morgan fingerprint density at radius 2 is 2.07 bits per heavy atom. The van der Waals surface area contributed by atoms with Crippen molar-refractivity contribution in [3.8, 4) is 0 Å². The molecule has 0 bridgehead atoms. The van der Waals surface area contributed by atoms with Gasteiger partial charge in [-0.25, -0.2) is 0 Å². The van der Waals surface area contributed by atoms with Gasteiger partial charge in [0, 0.05) is 29.8 Å². The quantitative estimate of drug-likeness (QED) is 0.700. The fraction of sp³-hybridized carbons (Fsp3) is 0.500. The average Bonchev–Trinajstić information content (AvgIpc) is 2.22. The molecule has 0 saturated carbocycles. The van der Waals surface area contributed by atoms with Gasteiger partial charge >= 0.3 is 0 Å². The maximum absolute atomic E-state index is 11.8. The lowest BCUT2D eigenvalue weighted by molar-refractivity contribution is 0.0970. The second-order valence-corrected chi connectivity index (χ2v) is 4.01. The third-order valence-electron chi connectivity index (χ3n) is 3.01. The van der Waals surface area contributed by atoms with Crippen LogP contribution in [0.25, 0.3) is 0 Å². The highest BCUT2D eigenvalue weighted by molar-refractivity contribution is 5.98. The maximum Gasteiger partial charge on any atom is 0.253 e. The molecule has 0 atom stereocenters. The number of pyridine rings is 1. The summed E-state index contributed by atoms with van der Waals surface area (Å²) in [6, 6.07) is 1.76. The van der Waals surface area contributed by atoms with Gasteiger partial charge in [-0.1, -0.05) is 0 Å². The number of hydrogen-bond acceptors (Lipinski definition) is 2. The Labute approximate surface area is 88.7 Å². The minimum atomic E-state index is 0.0472. The van der Waals surface area contributed by atoms with Crippen LogP contribution in [0.5, 0.6) is 0 Å². The van der Waals surface area contributed by atoms with E-state index in [1.807, 2.05) is 6.92 Å². The van der Waals surface area contributed by atoms with Crippen LogP contribution >= 0.6 is 0 Å². The van der Waals surface area contributed by atoms with Gasteiger partial charge in [0.05, 0.1) is 0 Å². The minimum Gasteiger partial charge on any atom is -0.312 e. The Kier molecular flexibility index (Phi) is 2.47. The number of hydrogen-bond donors (Lipinski definition) is 0. The second-order valence-electron chi connectivity index (χ2n) is 4.01. The van der Waals surface area contributed by atoms with Gasteiger partial charge < -0.3 is 4.57 Å². The van der Waals surface area contributed by atoms with Crippen LogP contribution in [-0.2, 0) is 13.0 Å². The molecule has 1 aliphatic carbocycles. The van der Waals surface area contributed by atoms with Crippen molar-refractivity contribution in [2.45, 2.75) is 39.7 Å². The normalized spacial score (nSPS) is 15.2. The van der Waals surface area contributed by atoms with Gasteiger partial charge in [-0.15, -0.1) is 0 Å². The van der Waals surface area contributed by atoms with E-state index >= 15 is 0 Å². The number of Topliss-reactive ketones (excluding diaryl/α,β-unsaturated/α-hetero) is 1. The smallest absolute Gasteiger partial charge is 0.253 e. The van der Waals surface area contributed by atoms with E-state index in [-0.39, 0.29) is 11.3 Å². The summed E-state index contributed by atoms with van der Waals surface area (Å²) in [6.07, 6.45) is 2.34. The fourth-order valence-corrected chi connectivity index (χ4v) is 2.24. The van der Waals surface area contributed by atoms with Gasteiger partial charge in [-0.2, -0.15) is 0 Å². The van der Waals surface area contributed by atoms with Crippen molar-refractivity contribution in [1.29, 1.82) is 0 Å². The monoisotopic (exact) mass is 205 g/mol. The molecule has 3 heteroatoms. The van der Waals surface area contributed by atoms with Gasteiger partial charge in [0.15, 0.2) is 5.78 Å². The third kappa shape index (κ3) is 1.52. The summed E-state index contributed by atoms with van der Waals surface area (Å²) in [4.78, 5) is 23.5. The Hall–Kier alpha value is -1.38. The van der Waals surface area contributed by atoms with Crippen molar-refractivity contribution in [1.82, 2.24) is 4.57 Å². The molecule has 0 aromatic carbocycles. The topological polar surface area (TPSA) is 39.1 Å². The third-order valence-corrected chi connectivity index (χ3v) is 3.01. The molecule has 0 N–H and O–H groups in total. The number of fused-ring (bicyclic) bond motifs is 1. The standard InChI is InChI=1S/C12H15NO2/c1-3-13-10-5-4-6-11(14)9(10)7-8(2)12(13)15/h7H,3-6H2,1-2H3. The summed E-state index contributed by atoms with van der Waals surface area (Å²) in [7, 11) is 0. The summed E-state index contributed by atoms with van der Waals surface area (Å²) in [5, 5.41) is 0. The van der Waals surface area contributed by atoms with Crippen LogP contribution in [0.4, 0.5) is 0 Å². The molecular formula is C12H15NO2. The summed E-state index contributed by atoms with van der Waals surface area (Å²) in [5.41, 5.74) is 2.42. The van der Waals surface area contributed by atoms with E-state index in [1.54, 1.807) is 17.6 Å². The van der Waals surface area contributed by atoms with Crippen molar-refractivity contribution >= 4 is 5.78 Å². The summed E-state index contributed by atoms with van der Waals surface area (Å²) in [5.74, 6) is 0.182. The number of aromatic nitrogens is 1. The van der Waals surface area contributed by atoms with Gasteiger partial charge in [0.25, 0.3) is 5.56 Å². The van der Waals surface area contributed by atoms with Crippen LogP contribution in [0.3, 0.4) is 0 Å². The van der Waals surface area contributed by atoms with E-state index in [1.165, 1.54) is 0 Å². The van der Waals surface area contributed by atoms with Crippen molar-refractivity contribution in [2.75, 3.05) is 0 Å². The molecule has 15 heavy (non-hydrogen) atoms. The fourth-order valence-electron chi connectivity index (χ4n) is 2.24. The van der Waals surface area contributed by atoms with Crippen LogP contribution in [0, 0.1) is 6.92 Å². The molecule has 3 nitrogen and oxygen atoms in total. The SMILES string of the molecule is CCn1c2c(cc(C)c1=O)C(=O)CCC2. The second kappa shape index (κ2) is 3.65. The molecule has 1 aromatic rings. The van der Waals surface area contributed by atoms with Crippen LogP contribution < -0.4 is 5.56 Å². The van der Waals surface area contributed by atoms with Gasteiger partial charge in [-0.3, -0.25) is 9.59 Å². The van der Waals surface area contributed by atoms with Crippen molar-refractivity contribution < 1.29 is 4.79 Å². The molecule has 0 fully saturated rings. The first-order valence-electron chi connectivity index (χ1n) is 5.41. The van der Waals surface area contributed by atoms with E-state index < -0.39 is 0 Å². The first-order chi connectivity index (χ1) is 7.15. The van der Waals surface area contributed by atoms with Crippen LogP contribution in [0.1, 0.15) is 41.4 Å². The van der Waals surface area contributed by atoms with E-state index in [2.05, 4.69) is 0 Å². The molecule has 1 aliphatic rings. The van der Waals surface area contributed by atoms with Crippen LogP contribution in [0.2, 0.25) is 0 Å². The highest BCUT2D eigenvalue weighted by Crippen LogP contribution is 2.20. The lowest BCUT2D eigenvalue weighted by Gasteiger charge is -2.20. The maximum atomic E-state index is 11.8. The number of nitrogens with zero attached hydrogens (tertiary/aromatic N) is 1. The Morgan fingerprint density at radius 3 is 2.73 bits per heavy atom. The molecule has 1 heterocycles. The molecule has 0 saturated heterocycles. The number of aryl methyl sites for hydroxylation is 1. The first-order valence-corrected chi connectivity index (χ1v) is 5.41. The van der Waals surface area contributed by atoms with Gasteiger partial charge in [0.2, 0.25) is 0 Å². The number of carbonyl (C=O) groups excluding carboxylic acids is 1. The molecular weight excluding hydrogens is 190 g/mol. The average molecular weight is 205 g/mol. The summed E-state index contributed by atoms with van der Waals surface area (Å²) in [6.45, 7) is 4.37. The lowest BCUT2D eigenvalue weighted by Crippen LogP contribution is -2.29. The van der Waals surface area contributed by atoms with Gasteiger partial charge in [-0.05, 0) is 32.8 Å². The first kappa shape index (κ1) is 10.1. The van der Waals surface area contributed by atoms with E-state index in [4.69, 9.17) is 0 Å². The van der Waals surface area contributed by atoms with E-state index in [0.29, 0.717) is 18.5 Å². The highest BCUT2D eigenvalue weighted by atomic mass is 16.1. The molecule has 0 spiro atoms. The largest absolute Gasteiger partial charge is 0.312 e.